The number of carbonyl (C=O) groups is 3. The van der Waals surface area contributed by atoms with Crippen molar-refractivity contribution in [3.63, 3.8) is 0 Å². The third-order valence-corrected chi connectivity index (χ3v) is 4.00. The molecule has 8 heteroatoms. The molecule has 2 aromatic heterocycles. The second-order valence-electron chi connectivity index (χ2n) is 6.03. The number of aromatic nitrogens is 2. The molecule has 0 bridgehead atoms. The quantitative estimate of drug-likeness (QED) is 0.626. The molecule has 0 fully saturated rings. The lowest BCUT2D eigenvalue weighted by molar-refractivity contribution is 0.0600. The van der Waals surface area contributed by atoms with E-state index in [-0.39, 0.29) is 17.0 Å². The molecule has 0 aliphatic carbocycles. The van der Waals surface area contributed by atoms with Gasteiger partial charge in [-0.25, -0.2) is 4.79 Å². The molecule has 1 aromatic carbocycles. The van der Waals surface area contributed by atoms with Gasteiger partial charge in [0.05, 0.1) is 23.8 Å². The van der Waals surface area contributed by atoms with Crippen LogP contribution >= 0.6 is 0 Å². The number of pyridine rings is 2. The Morgan fingerprint density at radius 1 is 0.897 bits per heavy atom. The summed E-state index contributed by atoms with van der Waals surface area (Å²) >= 11 is 0. The first-order valence-electron chi connectivity index (χ1n) is 8.68. The SMILES string of the molecule is COC(=O)c1ccc(NC(=O)c2cncc(C(=O)NCc3cccnc3)c2)cc1. The van der Waals surface area contributed by atoms with Crippen molar-refractivity contribution in [3.05, 3.63) is 89.5 Å². The van der Waals surface area contributed by atoms with Crippen LogP contribution in [0.5, 0.6) is 0 Å². The molecule has 0 radical (unpaired) electrons. The molecule has 2 N–H and O–H groups in total. The summed E-state index contributed by atoms with van der Waals surface area (Å²) in [5.41, 5.74) is 2.23. The molecular formula is C21H18N4O4. The Bertz CT molecular complexity index is 1020. The smallest absolute Gasteiger partial charge is 0.337 e. The molecule has 0 saturated heterocycles. The number of hydrogen-bond acceptors (Lipinski definition) is 6. The minimum Gasteiger partial charge on any atom is -0.465 e. The Balaban J connectivity index is 1.64. The van der Waals surface area contributed by atoms with Crippen LogP contribution in [0.2, 0.25) is 0 Å². The Kier molecular flexibility index (Phi) is 6.26. The Morgan fingerprint density at radius 2 is 1.62 bits per heavy atom. The number of ether oxygens (including phenoxy) is 1. The molecule has 29 heavy (non-hydrogen) atoms. The van der Waals surface area contributed by atoms with E-state index in [1.165, 1.54) is 25.6 Å². The van der Waals surface area contributed by atoms with Gasteiger partial charge in [-0.2, -0.15) is 0 Å². The summed E-state index contributed by atoms with van der Waals surface area (Å²) in [6, 6.07) is 11.4. The van der Waals surface area contributed by atoms with Crippen molar-refractivity contribution in [2.75, 3.05) is 12.4 Å². The van der Waals surface area contributed by atoms with Gasteiger partial charge in [0.25, 0.3) is 11.8 Å². The summed E-state index contributed by atoms with van der Waals surface area (Å²) < 4.78 is 4.63. The molecule has 0 atom stereocenters. The highest BCUT2D eigenvalue weighted by Crippen LogP contribution is 2.13. The topological polar surface area (TPSA) is 110 Å². The number of benzene rings is 1. The Labute approximate surface area is 167 Å². The van der Waals surface area contributed by atoms with Crippen LogP contribution in [0.4, 0.5) is 5.69 Å². The van der Waals surface area contributed by atoms with Crippen molar-refractivity contribution in [2.24, 2.45) is 0 Å². The molecular weight excluding hydrogens is 372 g/mol. The zero-order chi connectivity index (χ0) is 20.6. The highest BCUT2D eigenvalue weighted by molar-refractivity contribution is 6.06. The standard InChI is InChI=1S/C21H18N4O4/c1-29-21(28)15-4-6-18(7-5-15)25-20(27)17-9-16(12-23-13-17)19(26)24-11-14-3-2-8-22-10-14/h2-10,12-13H,11H2,1H3,(H,24,26)(H,25,27). The fourth-order valence-corrected chi connectivity index (χ4v) is 2.49. The lowest BCUT2D eigenvalue weighted by Crippen LogP contribution is -2.23. The van der Waals surface area contributed by atoms with Crippen molar-refractivity contribution >= 4 is 23.5 Å². The normalized spacial score (nSPS) is 10.1. The number of rotatable bonds is 6. The lowest BCUT2D eigenvalue weighted by Gasteiger charge is -2.08. The van der Waals surface area contributed by atoms with Gasteiger partial charge >= 0.3 is 5.97 Å². The minimum atomic E-state index is -0.461. The third kappa shape index (κ3) is 5.23. The summed E-state index contributed by atoms with van der Waals surface area (Å²) in [5.74, 6) is -1.24. The average Bonchev–Trinajstić information content (AvgIpc) is 2.78. The van der Waals surface area contributed by atoms with E-state index in [2.05, 4.69) is 25.3 Å². The second kappa shape index (κ2) is 9.23. The highest BCUT2D eigenvalue weighted by atomic mass is 16.5. The number of nitrogens with one attached hydrogen (secondary N) is 2. The lowest BCUT2D eigenvalue weighted by atomic mass is 10.1. The molecule has 0 spiro atoms. The Morgan fingerprint density at radius 3 is 2.28 bits per heavy atom. The van der Waals surface area contributed by atoms with E-state index in [9.17, 15) is 14.4 Å². The first-order valence-corrected chi connectivity index (χ1v) is 8.68. The van der Waals surface area contributed by atoms with Gasteiger partial charge < -0.3 is 15.4 Å². The van der Waals surface area contributed by atoms with Crippen LogP contribution in [0.25, 0.3) is 0 Å². The molecule has 0 unspecified atom stereocenters. The summed E-state index contributed by atoms with van der Waals surface area (Å²) in [4.78, 5) is 44.2. The molecule has 8 nitrogen and oxygen atoms in total. The van der Waals surface area contributed by atoms with Crippen LogP contribution < -0.4 is 10.6 Å². The van der Waals surface area contributed by atoms with Crippen LogP contribution in [0.15, 0.2) is 67.3 Å². The van der Waals surface area contributed by atoms with Crippen molar-refractivity contribution in [1.82, 2.24) is 15.3 Å². The molecule has 146 valence electrons. The van der Waals surface area contributed by atoms with Crippen molar-refractivity contribution in [1.29, 1.82) is 0 Å². The van der Waals surface area contributed by atoms with Gasteiger partial charge in [0.1, 0.15) is 0 Å². The number of nitrogens with zero attached hydrogens (tertiary/aromatic N) is 2. The van der Waals surface area contributed by atoms with Gasteiger partial charge in [0, 0.05) is 37.0 Å². The van der Waals surface area contributed by atoms with E-state index in [0.717, 1.165) is 5.56 Å². The van der Waals surface area contributed by atoms with E-state index in [4.69, 9.17) is 0 Å². The van der Waals surface area contributed by atoms with E-state index in [0.29, 0.717) is 17.8 Å². The summed E-state index contributed by atoms with van der Waals surface area (Å²) in [7, 11) is 1.30. The highest BCUT2D eigenvalue weighted by Gasteiger charge is 2.12. The van der Waals surface area contributed by atoms with E-state index in [1.54, 1.807) is 42.7 Å². The first kappa shape index (κ1) is 19.7. The maximum atomic E-state index is 12.5. The van der Waals surface area contributed by atoms with Crippen molar-refractivity contribution < 1.29 is 19.1 Å². The predicted octanol–water partition coefficient (Wildman–Crippen LogP) is 2.45. The molecule has 0 aliphatic rings. The molecule has 0 saturated carbocycles. The zero-order valence-corrected chi connectivity index (χ0v) is 15.6. The van der Waals surface area contributed by atoms with Crippen molar-refractivity contribution in [2.45, 2.75) is 6.54 Å². The monoisotopic (exact) mass is 390 g/mol. The van der Waals surface area contributed by atoms with Crippen LogP contribution in [0, 0.1) is 0 Å². The zero-order valence-electron chi connectivity index (χ0n) is 15.6. The van der Waals surface area contributed by atoms with Crippen LogP contribution in [-0.2, 0) is 11.3 Å². The molecule has 0 aliphatic heterocycles. The second-order valence-corrected chi connectivity index (χ2v) is 6.03. The Hall–Kier alpha value is -4.07. The van der Waals surface area contributed by atoms with Gasteiger partial charge in [-0.3, -0.25) is 19.6 Å². The van der Waals surface area contributed by atoms with E-state index < -0.39 is 11.9 Å². The molecule has 3 rings (SSSR count). The first-order chi connectivity index (χ1) is 14.1. The average molecular weight is 390 g/mol. The van der Waals surface area contributed by atoms with Gasteiger partial charge in [-0.05, 0) is 42.0 Å². The number of esters is 1. The van der Waals surface area contributed by atoms with E-state index in [1.807, 2.05) is 6.07 Å². The summed E-state index contributed by atoms with van der Waals surface area (Å²) in [6.45, 7) is 0.315. The fraction of sp³-hybridized carbons (Fsp3) is 0.0952. The summed E-state index contributed by atoms with van der Waals surface area (Å²) in [6.07, 6.45) is 6.07. The third-order valence-electron chi connectivity index (χ3n) is 4.00. The molecule has 2 heterocycles. The van der Waals surface area contributed by atoms with E-state index >= 15 is 0 Å². The van der Waals surface area contributed by atoms with Gasteiger partial charge in [0.2, 0.25) is 0 Å². The van der Waals surface area contributed by atoms with Crippen molar-refractivity contribution in [3.8, 4) is 0 Å². The number of amides is 2. The van der Waals surface area contributed by atoms with Gasteiger partial charge in [-0.15, -0.1) is 0 Å². The van der Waals surface area contributed by atoms with Gasteiger partial charge in [-0.1, -0.05) is 6.07 Å². The van der Waals surface area contributed by atoms with Gasteiger partial charge in [0.15, 0.2) is 0 Å². The molecule has 3 aromatic rings. The number of methoxy groups -OCH3 is 1. The maximum Gasteiger partial charge on any atom is 0.337 e. The van der Waals surface area contributed by atoms with Crippen LogP contribution in [0.3, 0.4) is 0 Å². The summed E-state index contributed by atoms with van der Waals surface area (Å²) in [5, 5.41) is 5.45. The van der Waals surface area contributed by atoms with Crippen LogP contribution in [-0.4, -0.2) is 34.9 Å². The minimum absolute atomic E-state index is 0.232. The predicted molar refractivity (Wildman–Crippen MR) is 105 cm³/mol. The number of carbonyl (C=O) groups excluding carboxylic acids is 3. The maximum absolute atomic E-state index is 12.5. The largest absolute Gasteiger partial charge is 0.465 e. The molecule has 2 amide bonds. The fourth-order valence-electron chi connectivity index (χ4n) is 2.49. The number of hydrogen-bond donors (Lipinski definition) is 2. The number of anilines is 1. The van der Waals surface area contributed by atoms with Crippen LogP contribution in [0.1, 0.15) is 36.6 Å².